The molecule has 0 radical (unpaired) electrons. The first-order valence-corrected chi connectivity index (χ1v) is 5.45. The molecule has 2 aromatic rings. The number of aromatic nitrogens is 2. The highest BCUT2D eigenvalue weighted by Gasteiger charge is 2.00. The third kappa shape index (κ3) is 2.19. The smallest absolute Gasteiger partial charge is 0.169 e. The molecule has 0 atom stereocenters. The third-order valence-electron chi connectivity index (χ3n) is 1.95. The van der Waals surface area contributed by atoms with Gasteiger partial charge in [-0.25, -0.2) is 8.42 Å². The lowest BCUT2D eigenvalue weighted by atomic mass is 10.1. The van der Waals surface area contributed by atoms with Crippen LogP contribution in [0.2, 0.25) is 0 Å². The Morgan fingerprint density at radius 2 is 1.67 bits per heavy atom. The van der Waals surface area contributed by atoms with Gasteiger partial charge in [-0.15, -0.1) is 0 Å². The highest BCUT2D eigenvalue weighted by atomic mass is 32.2. The molecule has 5 heteroatoms. The van der Waals surface area contributed by atoms with E-state index in [0.29, 0.717) is 0 Å². The number of nitrogens with zero attached hydrogens (tertiary/aromatic N) is 2. The molecule has 0 spiro atoms. The molecular weight excluding hydrogens is 212 g/mol. The normalized spacial score (nSPS) is 10.5. The van der Waals surface area contributed by atoms with Crippen molar-refractivity contribution in [2.75, 3.05) is 0 Å². The Bertz CT molecular complexity index is 530. The summed E-state index contributed by atoms with van der Waals surface area (Å²) >= 11 is 0. The molecule has 0 amide bonds. The Balaban J connectivity index is 2.51. The lowest BCUT2D eigenvalue weighted by Crippen LogP contribution is -1.85. The van der Waals surface area contributed by atoms with Crippen LogP contribution in [0.5, 0.6) is 0 Å². The molecule has 0 aromatic carbocycles. The number of rotatable bonds is 2. The van der Waals surface area contributed by atoms with Crippen LogP contribution in [-0.4, -0.2) is 18.4 Å². The summed E-state index contributed by atoms with van der Waals surface area (Å²) in [5.41, 5.74) is 1.67. The molecule has 0 fully saturated rings. The first kappa shape index (κ1) is 9.79. The fourth-order valence-corrected chi connectivity index (χ4v) is 1.64. The average molecular weight is 220 g/mol. The number of thiol groups is 1. The van der Waals surface area contributed by atoms with Crippen LogP contribution in [-0.2, 0) is 10.7 Å². The van der Waals surface area contributed by atoms with Crippen LogP contribution in [0.25, 0.3) is 11.1 Å². The van der Waals surface area contributed by atoms with Gasteiger partial charge in [0.25, 0.3) is 0 Å². The molecule has 0 bridgehead atoms. The number of pyridine rings is 2. The molecule has 0 aliphatic rings. The van der Waals surface area contributed by atoms with E-state index in [2.05, 4.69) is 9.97 Å². The van der Waals surface area contributed by atoms with Gasteiger partial charge in [0.15, 0.2) is 10.7 Å². The van der Waals surface area contributed by atoms with Crippen LogP contribution in [0.3, 0.4) is 0 Å². The lowest BCUT2D eigenvalue weighted by molar-refractivity contribution is 0.614. The van der Waals surface area contributed by atoms with E-state index in [0.717, 1.165) is 11.1 Å². The highest BCUT2D eigenvalue weighted by molar-refractivity contribution is 7.72. The van der Waals surface area contributed by atoms with Crippen molar-refractivity contribution in [3.63, 3.8) is 0 Å². The quantitative estimate of drug-likeness (QED) is 0.770. The maximum Gasteiger partial charge on any atom is 0.169 e. The van der Waals surface area contributed by atoms with Crippen molar-refractivity contribution >= 4 is 10.7 Å². The van der Waals surface area contributed by atoms with Gasteiger partial charge in [-0.1, -0.05) is 0 Å². The fraction of sp³-hybridized carbons (Fsp3) is 0. The largest absolute Gasteiger partial charge is 0.265 e. The predicted octanol–water partition coefficient (Wildman–Crippen LogP) is 1.11. The average Bonchev–Trinajstić information content (AvgIpc) is 2.30. The van der Waals surface area contributed by atoms with Gasteiger partial charge in [0.2, 0.25) is 0 Å². The first-order chi connectivity index (χ1) is 7.27. The van der Waals surface area contributed by atoms with Gasteiger partial charge in [0.1, 0.15) is 0 Å². The monoisotopic (exact) mass is 220 g/mol. The Labute approximate surface area is 88.6 Å². The standard InChI is InChI=1S/C10H8N2O2S/c13-15(14)10-5-9(6-12-7-10)8-1-3-11-4-2-8/h1-7,15H. The summed E-state index contributed by atoms with van der Waals surface area (Å²) in [5.74, 6) is 0. The maximum absolute atomic E-state index is 10.8. The Kier molecular flexibility index (Phi) is 2.73. The molecule has 0 aliphatic heterocycles. The van der Waals surface area contributed by atoms with E-state index in [-0.39, 0.29) is 4.90 Å². The molecule has 15 heavy (non-hydrogen) atoms. The maximum atomic E-state index is 10.8. The number of hydrogen-bond acceptors (Lipinski definition) is 4. The van der Waals surface area contributed by atoms with E-state index in [4.69, 9.17) is 0 Å². The van der Waals surface area contributed by atoms with Crippen LogP contribution in [0.15, 0.2) is 47.9 Å². The van der Waals surface area contributed by atoms with Crippen LogP contribution >= 0.6 is 0 Å². The lowest BCUT2D eigenvalue weighted by Gasteiger charge is -2.00. The van der Waals surface area contributed by atoms with Crippen molar-refractivity contribution < 1.29 is 8.42 Å². The van der Waals surface area contributed by atoms with E-state index >= 15 is 0 Å². The second kappa shape index (κ2) is 4.18. The summed E-state index contributed by atoms with van der Waals surface area (Å²) in [6.07, 6.45) is 6.26. The van der Waals surface area contributed by atoms with Crippen LogP contribution in [0, 0.1) is 0 Å². The van der Waals surface area contributed by atoms with Gasteiger partial charge in [-0.05, 0) is 23.8 Å². The zero-order chi connectivity index (χ0) is 10.7. The van der Waals surface area contributed by atoms with E-state index < -0.39 is 10.7 Å². The molecule has 0 aliphatic carbocycles. The molecule has 0 unspecified atom stereocenters. The summed E-state index contributed by atoms with van der Waals surface area (Å²) < 4.78 is 21.5. The minimum absolute atomic E-state index is 0.222. The topological polar surface area (TPSA) is 59.9 Å². The predicted molar refractivity (Wildman–Crippen MR) is 56.0 cm³/mol. The first-order valence-electron chi connectivity index (χ1n) is 4.27. The molecule has 0 N–H and O–H groups in total. The second-order valence-corrected chi connectivity index (χ2v) is 3.96. The molecule has 2 aromatic heterocycles. The molecular formula is C10H8N2O2S. The van der Waals surface area contributed by atoms with Crippen LogP contribution in [0.1, 0.15) is 0 Å². The van der Waals surface area contributed by atoms with Gasteiger partial charge in [0, 0.05) is 30.4 Å². The van der Waals surface area contributed by atoms with Crippen molar-refractivity contribution in [3.05, 3.63) is 43.0 Å². The summed E-state index contributed by atoms with van der Waals surface area (Å²) in [6, 6.07) is 5.20. The Morgan fingerprint density at radius 3 is 2.33 bits per heavy atom. The minimum atomic E-state index is -2.58. The van der Waals surface area contributed by atoms with Crippen LogP contribution < -0.4 is 0 Å². The van der Waals surface area contributed by atoms with E-state index in [1.807, 2.05) is 0 Å². The third-order valence-corrected chi connectivity index (χ3v) is 2.61. The van der Waals surface area contributed by atoms with Gasteiger partial charge < -0.3 is 0 Å². The zero-order valence-electron chi connectivity index (χ0n) is 7.70. The van der Waals surface area contributed by atoms with E-state index in [9.17, 15) is 8.42 Å². The summed E-state index contributed by atoms with van der Waals surface area (Å²) in [5, 5.41) is 0. The Hall–Kier alpha value is -1.75. The highest BCUT2D eigenvalue weighted by Crippen LogP contribution is 2.18. The van der Waals surface area contributed by atoms with E-state index in [1.165, 1.54) is 6.20 Å². The Morgan fingerprint density at radius 1 is 0.933 bits per heavy atom. The molecule has 2 rings (SSSR count). The van der Waals surface area contributed by atoms with Gasteiger partial charge >= 0.3 is 0 Å². The number of hydrogen-bond donors (Lipinski definition) is 1. The van der Waals surface area contributed by atoms with Crippen molar-refractivity contribution in [3.8, 4) is 11.1 Å². The van der Waals surface area contributed by atoms with Gasteiger partial charge in [-0.2, -0.15) is 0 Å². The van der Waals surface area contributed by atoms with Crippen molar-refractivity contribution in [2.24, 2.45) is 0 Å². The van der Waals surface area contributed by atoms with Gasteiger partial charge in [-0.3, -0.25) is 9.97 Å². The summed E-state index contributed by atoms with van der Waals surface area (Å²) in [6.45, 7) is 0. The second-order valence-electron chi connectivity index (χ2n) is 2.92. The summed E-state index contributed by atoms with van der Waals surface area (Å²) in [4.78, 5) is 7.99. The molecule has 2 heterocycles. The SMILES string of the molecule is O=[SH](=O)c1cncc(-c2ccncc2)c1. The van der Waals surface area contributed by atoms with Gasteiger partial charge in [0.05, 0.1) is 4.90 Å². The van der Waals surface area contributed by atoms with Crippen molar-refractivity contribution in [1.29, 1.82) is 0 Å². The van der Waals surface area contributed by atoms with Crippen molar-refractivity contribution in [2.45, 2.75) is 4.90 Å². The van der Waals surface area contributed by atoms with E-state index in [1.54, 1.807) is 36.8 Å². The molecule has 0 saturated carbocycles. The summed E-state index contributed by atoms with van der Waals surface area (Å²) in [7, 11) is -2.58. The zero-order valence-corrected chi connectivity index (χ0v) is 8.59. The molecule has 4 nitrogen and oxygen atoms in total. The molecule has 0 saturated heterocycles. The van der Waals surface area contributed by atoms with Crippen LogP contribution in [0.4, 0.5) is 0 Å². The van der Waals surface area contributed by atoms with Crippen molar-refractivity contribution in [1.82, 2.24) is 9.97 Å². The fourth-order valence-electron chi connectivity index (χ4n) is 1.23. The minimum Gasteiger partial charge on any atom is -0.265 e. The molecule has 76 valence electrons.